The number of hydrogen-bond acceptors (Lipinski definition) is 4. The second kappa shape index (κ2) is 4.72. The Balaban J connectivity index is 3.14. The third kappa shape index (κ3) is 2.90. The molecule has 0 saturated heterocycles. The summed E-state index contributed by atoms with van der Waals surface area (Å²) in [5.74, 6) is -0.901. The molecule has 0 atom stereocenters. The molecule has 0 fully saturated rings. The summed E-state index contributed by atoms with van der Waals surface area (Å²) < 4.78 is 5.17. The third-order valence-electron chi connectivity index (χ3n) is 1.80. The lowest BCUT2D eigenvalue weighted by Crippen LogP contribution is -2.09. The molecule has 1 N–H and O–H groups in total. The number of carbonyl (C=O) groups is 1. The lowest BCUT2D eigenvalue weighted by atomic mass is 10.1. The molecule has 5 nitrogen and oxygen atoms in total. The van der Waals surface area contributed by atoms with Gasteiger partial charge in [0, 0.05) is 6.07 Å². The zero-order valence-corrected chi connectivity index (χ0v) is 9.02. The highest BCUT2D eigenvalue weighted by Gasteiger charge is 2.13. The Morgan fingerprint density at radius 3 is 2.67 bits per heavy atom. The van der Waals surface area contributed by atoms with E-state index < -0.39 is 5.97 Å². The minimum Gasteiger partial charge on any atom is -0.478 e. The fraction of sp³-hybridized carbons (Fsp3) is 0.500. The molecule has 0 unspecified atom stereocenters. The summed E-state index contributed by atoms with van der Waals surface area (Å²) in [6.45, 7) is 6.14. The van der Waals surface area contributed by atoms with Crippen LogP contribution >= 0.6 is 0 Å². The molecule has 0 aliphatic rings. The van der Waals surface area contributed by atoms with E-state index in [-0.39, 0.29) is 11.7 Å². The fourth-order valence-corrected chi connectivity index (χ4v) is 1.06. The Morgan fingerprint density at radius 2 is 2.20 bits per heavy atom. The van der Waals surface area contributed by atoms with E-state index in [4.69, 9.17) is 9.84 Å². The number of carboxylic acids is 1. The van der Waals surface area contributed by atoms with Crippen molar-refractivity contribution in [2.24, 2.45) is 0 Å². The van der Waals surface area contributed by atoms with Crippen molar-refractivity contribution in [2.45, 2.75) is 26.7 Å². The first kappa shape index (κ1) is 11.4. The Kier molecular flexibility index (Phi) is 3.60. The van der Waals surface area contributed by atoms with Crippen LogP contribution in [0.15, 0.2) is 6.07 Å². The van der Waals surface area contributed by atoms with Crippen LogP contribution in [0.2, 0.25) is 0 Å². The topological polar surface area (TPSA) is 72.3 Å². The van der Waals surface area contributed by atoms with Crippen molar-refractivity contribution in [2.75, 3.05) is 6.61 Å². The molecule has 1 rings (SSSR count). The van der Waals surface area contributed by atoms with E-state index in [9.17, 15) is 4.79 Å². The minimum atomic E-state index is -1.14. The molecule has 1 heterocycles. The maximum atomic E-state index is 10.8. The SMILES string of the molecule is CCOc1cc(C(C)C)nc(C(=O)O)n1. The van der Waals surface area contributed by atoms with Crippen LogP contribution < -0.4 is 4.74 Å². The van der Waals surface area contributed by atoms with Crippen LogP contribution in [0.1, 0.15) is 43.0 Å². The van der Waals surface area contributed by atoms with Gasteiger partial charge >= 0.3 is 5.97 Å². The van der Waals surface area contributed by atoms with Gasteiger partial charge < -0.3 is 9.84 Å². The molecule has 82 valence electrons. The molecule has 0 aliphatic carbocycles. The molecule has 0 bridgehead atoms. The van der Waals surface area contributed by atoms with E-state index >= 15 is 0 Å². The van der Waals surface area contributed by atoms with Crippen molar-refractivity contribution in [1.29, 1.82) is 0 Å². The molecule has 0 radical (unpaired) electrons. The molecule has 1 aromatic heterocycles. The molecule has 15 heavy (non-hydrogen) atoms. The van der Waals surface area contributed by atoms with Gasteiger partial charge in [0.15, 0.2) is 0 Å². The molecule has 0 amide bonds. The van der Waals surface area contributed by atoms with E-state index in [1.165, 1.54) is 0 Å². The Labute approximate surface area is 88.1 Å². The maximum absolute atomic E-state index is 10.8. The number of nitrogens with zero attached hydrogens (tertiary/aromatic N) is 2. The van der Waals surface area contributed by atoms with Crippen molar-refractivity contribution in [3.63, 3.8) is 0 Å². The quantitative estimate of drug-likeness (QED) is 0.818. The van der Waals surface area contributed by atoms with Gasteiger partial charge in [-0.15, -0.1) is 0 Å². The van der Waals surface area contributed by atoms with E-state index in [0.717, 1.165) is 0 Å². The largest absolute Gasteiger partial charge is 0.478 e. The second-order valence-corrected chi connectivity index (χ2v) is 3.35. The zero-order chi connectivity index (χ0) is 11.4. The van der Waals surface area contributed by atoms with Crippen molar-refractivity contribution >= 4 is 5.97 Å². The summed E-state index contributed by atoms with van der Waals surface area (Å²) in [7, 11) is 0. The molecule has 0 saturated carbocycles. The van der Waals surface area contributed by atoms with Crippen LogP contribution in [-0.2, 0) is 0 Å². The predicted octanol–water partition coefficient (Wildman–Crippen LogP) is 1.70. The summed E-state index contributed by atoms with van der Waals surface area (Å²) in [5.41, 5.74) is 0.672. The smallest absolute Gasteiger partial charge is 0.374 e. The first-order chi connectivity index (χ1) is 7.04. The van der Waals surface area contributed by atoms with Crippen molar-refractivity contribution < 1.29 is 14.6 Å². The Bertz CT molecular complexity index is 364. The fourth-order valence-electron chi connectivity index (χ4n) is 1.06. The number of carboxylic acid groups (broad SMARTS) is 1. The second-order valence-electron chi connectivity index (χ2n) is 3.35. The standard InChI is InChI=1S/C10H14N2O3/c1-4-15-8-5-7(6(2)3)11-9(12-8)10(13)14/h5-6H,4H2,1-3H3,(H,13,14). The molecule has 0 aliphatic heterocycles. The zero-order valence-electron chi connectivity index (χ0n) is 9.02. The molecular formula is C10H14N2O3. The van der Waals surface area contributed by atoms with Crippen molar-refractivity contribution in [1.82, 2.24) is 9.97 Å². The van der Waals surface area contributed by atoms with Gasteiger partial charge in [-0.1, -0.05) is 13.8 Å². The number of ether oxygens (including phenoxy) is 1. The average Bonchev–Trinajstić information content (AvgIpc) is 2.17. The lowest BCUT2D eigenvalue weighted by molar-refractivity contribution is 0.0681. The van der Waals surface area contributed by atoms with Gasteiger partial charge in [0.25, 0.3) is 0 Å². The van der Waals surface area contributed by atoms with Crippen LogP contribution in [0, 0.1) is 0 Å². The van der Waals surface area contributed by atoms with Crippen LogP contribution in [0.5, 0.6) is 5.88 Å². The molecule has 1 aromatic rings. The highest BCUT2D eigenvalue weighted by molar-refractivity contribution is 5.83. The van der Waals surface area contributed by atoms with Gasteiger partial charge in [-0.3, -0.25) is 0 Å². The average molecular weight is 210 g/mol. The lowest BCUT2D eigenvalue weighted by Gasteiger charge is -2.08. The third-order valence-corrected chi connectivity index (χ3v) is 1.80. The van der Waals surface area contributed by atoms with Gasteiger partial charge in [-0.2, -0.15) is 4.98 Å². The summed E-state index contributed by atoms with van der Waals surface area (Å²) >= 11 is 0. The highest BCUT2D eigenvalue weighted by atomic mass is 16.5. The van der Waals surface area contributed by atoms with Crippen molar-refractivity contribution in [3.05, 3.63) is 17.6 Å². The van der Waals surface area contributed by atoms with Gasteiger partial charge in [0.05, 0.1) is 12.3 Å². The summed E-state index contributed by atoms with van der Waals surface area (Å²) in [4.78, 5) is 18.4. The number of aromatic nitrogens is 2. The van der Waals surface area contributed by atoms with Gasteiger partial charge in [0.1, 0.15) is 0 Å². The normalized spacial score (nSPS) is 10.4. The van der Waals surface area contributed by atoms with Crippen LogP contribution in [0.4, 0.5) is 0 Å². The maximum Gasteiger partial charge on any atom is 0.374 e. The molecular weight excluding hydrogens is 196 g/mol. The monoisotopic (exact) mass is 210 g/mol. The first-order valence-electron chi connectivity index (χ1n) is 4.79. The minimum absolute atomic E-state index is 0.144. The van der Waals surface area contributed by atoms with Gasteiger partial charge in [-0.05, 0) is 12.8 Å². The van der Waals surface area contributed by atoms with Crippen LogP contribution in [-0.4, -0.2) is 27.7 Å². The Morgan fingerprint density at radius 1 is 1.53 bits per heavy atom. The molecule has 0 aromatic carbocycles. The highest BCUT2D eigenvalue weighted by Crippen LogP contribution is 2.17. The van der Waals surface area contributed by atoms with E-state index in [1.54, 1.807) is 6.07 Å². The Hall–Kier alpha value is -1.65. The number of aromatic carboxylic acids is 1. The first-order valence-corrected chi connectivity index (χ1v) is 4.79. The predicted molar refractivity (Wildman–Crippen MR) is 54.2 cm³/mol. The number of hydrogen-bond donors (Lipinski definition) is 1. The van der Waals surface area contributed by atoms with E-state index in [2.05, 4.69) is 9.97 Å². The summed E-state index contributed by atoms with van der Waals surface area (Å²) in [6.07, 6.45) is 0. The molecule has 5 heteroatoms. The van der Waals surface area contributed by atoms with Gasteiger partial charge in [0.2, 0.25) is 11.7 Å². The summed E-state index contributed by atoms with van der Waals surface area (Å²) in [6, 6.07) is 1.67. The van der Waals surface area contributed by atoms with E-state index in [0.29, 0.717) is 18.2 Å². The molecule has 0 spiro atoms. The van der Waals surface area contributed by atoms with Crippen LogP contribution in [0.25, 0.3) is 0 Å². The number of rotatable bonds is 4. The van der Waals surface area contributed by atoms with Crippen LogP contribution in [0.3, 0.4) is 0 Å². The van der Waals surface area contributed by atoms with Gasteiger partial charge in [-0.25, -0.2) is 9.78 Å². The summed E-state index contributed by atoms with van der Waals surface area (Å²) in [5, 5.41) is 8.80. The van der Waals surface area contributed by atoms with E-state index in [1.807, 2.05) is 20.8 Å². The van der Waals surface area contributed by atoms with Crippen molar-refractivity contribution in [3.8, 4) is 5.88 Å².